The maximum atomic E-state index is 13.3. The largest absolute Gasteiger partial charge is 0.292 e. The van der Waals surface area contributed by atoms with Crippen LogP contribution in [0.4, 0.5) is 8.78 Å². The van der Waals surface area contributed by atoms with E-state index in [4.69, 9.17) is 0 Å². The third-order valence-electron chi connectivity index (χ3n) is 3.07. The van der Waals surface area contributed by atoms with Crippen LogP contribution in [0.3, 0.4) is 0 Å². The van der Waals surface area contributed by atoms with Crippen LogP contribution in [0.1, 0.15) is 27.4 Å². The van der Waals surface area contributed by atoms with E-state index in [1.165, 1.54) is 0 Å². The molecule has 0 bridgehead atoms. The molecule has 0 fully saturated rings. The minimum atomic E-state index is -1.23. The lowest BCUT2D eigenvalue weighted by Crippen LogP contribution is -2.13. The lowest BCUT2D eigenvalue weighted by molar-refractivity contribution is 0.0978. The minimum absolute atomic E-state index is 0.0253. The Morgan fingerprint density at radius 1 is 1.24 bits per heavy atom. The van der Waals surface area contributed by atoms with E-state index in [-0.39, 0.29) is 5.56 Å². The Morgan fingerprint density at radius 2 is 1.86 bits per heavy atom. The first-order chi connectivity index (χ1) is 9.93. The molecule has 0 aliphatic rings. The van der Waals surface area contributed by atoms with Crippen LogP contribution in [0.2, 0.25) is 0 Å². The summed E-state index contributed by atoms with van der Waals surface area (Å²) in [5.41, 5.74) is 1.31. The van der Waals surface area contributed by atoms with Crippen LogP contribution in [0.5, 0.6) is 0 Å². The Labute approximate surface area is 134 Å². The standard InChI is InChI=1S/C16H10F2INO/c1-9-3-2-4-13(15(9)19)16(21)14(8-20)10-5-11(17)7-12(18)6-10/h2-7,14H,1H3. The summed E-state index contributed by atoms with van der Waals surface area (Å²) in [6.45, 7) is 1.85. The number of halogens is 3. The zero-order valence-electron chi connectivity index (χ0n) is 11.0. The number of ketones is 1. The molecular formula is C16H10F2INO. The van der Waals surface area contributed by atoms with Crippen LogP contribution in [0, 0.1) is 33.5 Å². The fraction of sp³-hybridized carbons (Fsp3) is 0.125. The van der Waals surface area contributed by atoms with Crippen molar-refractivity contribution in [2.45, 2.75) is 12.8 Å². The van der Waals surface area contributed by atoms with Crippen LogP contribution in [-0.2, 0) is 0 Å². The molecule has 0 aliphatic heterocycles. The van der Waals surface area contributed by atoms with Gasteiger partial charge in [-0.05, 0) is 52.8 Å². The molecule has 5 heteroatoms. The number of carbonyl (C=O) groups is 1. The van der Waals surface area contributed by atoms with Crippen LogP contribution in [0.15, 0.2) is 36.4 Å². The van der Waals surface area contributed by atoms with E-state index in [1.54, 1.807) is 12.1 Å². The molecule has 2 rings (SSSR count). The SMILES string of the molecule is Cc1cccc(C(=O)C(C#N)c2cc(F)cc(F)c2)c1I. The van der Waals surface area contributed by atoms with Crippen molar-refractivity contribution < 1.29 is 13.6 Å². The summed E-state index contributed by atoms with van der Waals surface area (Å²) < 4.78 is 27.3. The molecule has 0 radical (unpaired) electrons. The van der Waals surface area contributed by atoms with E-state index >= 15 is 0 Å². The van der Waals surface area contributed by atoms with Gasteiger partial charge in [-0.2, -0.15) is 5.26 Å². The first-order valence-corrected chi connectivity index (χ1v) is 7.17. The van der Waals surface area contributed by atoms with E-state index in [2.05, 4.69) is 0 Å². The van der Waals surface area contributed by atoms with Gasteiger partial charge in [0.25, 0.3) is 0 Å². The Hall–Kier alpha value is -1.81. The average molecular weight is 397 g/mol. The number of hydrogen-bond donors (Lipinski definition) is 0. The third kappa shape index (κ3) is 3.27. The van der Waals surface area contributed by atoms with E-state index in [0.717, 1.165) is 21.3 Å². The fourth-order valence-corrected chi connectivity index (χ4v) is 2.64. The molecule has 0 amide bonds. The lowest BCUT2D eigenvalue weighted by atomic mass is 9.91. The van der Waals surface area contributed by atoms with Crippen molar-refractivity contribution in [3.05, 3.63) is 68.3 Å². The number of rotatable bonds is 3. The van der Waals surface area contributed by atoms with E-state index in [9.17, 15) is 18.8 Å². The quantitative estimate of drug-likeness (QED) is 0.570. The molecule has 0 aromatic heterocycles. The number of nitrogens with zero attached hydrogens (tertiary/aromatic N) is 1. The van der Waals surface area contributed by atoms with Gasteiger partial charge >= 0.3 is 0 Å². The van der Waals surface area contributed by atoms with E-state index in [1.807, 2.05) is 41.7 Å². The van der Waals surface area contributed by atoms with Crippen LogP contribution in [0.25, 0.3) is 0 Å². The molecule has 0 saturated carbocycles. The summed E-state index contributed by atoms with van der Waals surface area (Å²) in [7, 11) is 0. The number of nitriles is 1. The Bertz CT molecular complexity index is 732. The molecule has 0 N–H and O–H groups in total. The number of carbonyl (C=O) groups excluding carboxylic acids is 1. The highest BCUT2D eigenvalue weighted by molar-refractivity contribution is 14.1. The first-order valence-electron chi connectivity index (χ1n) is 6.09. The average Bonchev–Trinajstić information content (AvgIpc) is 2.41. The van der Waals surface area contributed by atoms with Gasteiger partial charge in [0.05, 0.1) is 6.07 Å². The van der Waals surface area contributed by atoms with Gasteiger partial charge in [-0.15, -0.1) is 0 Å². The van der Waals surface area contributed by atoms with Crippen molar-refractivity contribution in [2.75, 3.05) is 0 Å². The molecule has 21 heavy (non-hydrogen) atoms. The second-order valence-corrected chi connectivity index (χ2v) is 5.64. The van der Waals surface area contributed by atoms with Gasteiger partial charge in [0, 0.05) is 15.2 Å². The van der Waals surface area contributed by atoms with Crippen LogP contribution >= 0.6 is 22.6 Å². The Balaban J connectivity index is 2.49. The molecule has 0 saturated heterocycles. The van der Waals surface area contributed by atoms with Gasteiger partial charge in [0.1, 0.15) is 17.6 Å². The van der Waals surface area contributed by atoms with Gasteiger partial charge in [-0.25, -0.2) is 8.78 Å². The molecule has 0 aliphatic carbocycles. The van der Waals surface area contributed by atoms with Crippen molar-refractivity contribution in [1.82, 2.24) is 0 Å². The fourth-order valence-electron chi connectivity index (χ4n) is 2.02. The summed E-state index contributed by atoms with van der Waals surface area (Å²) in [5.74, 6) is -3.31. The highest BCUT2D eigenvalue weighted by Gasteiger charge is 2.25. The summed E-state index contributed by atoms with van der Waals surface area (Å²) in [5, 5.41) is 9.23. The molecule has 106 valence electrons. The van der Waals surface area contributed by atoms with Crippen LogP contribution in [-0.4, -0.2) is 5.78 Å². The molecular weight excluding hydrogens is 387 g/mol. The Morgan fingerprint density at radius 3 is 2.43 bits per heavy atom. The molecule has 0 spiro atoms. The van der Waals surface area contributed by atoms with Gasteiger partial charge in [0.2, 0.25) is 0 Å². The predicted octanol–water partition coefficient (Wildman–Crippen LogP) is 4.37. The molecule has 2 aromatic rings. The second kappa shape index (κ2) is 6.31. The van der Waals surface area contributed by atoms with Crippen molar-refractivity contribution >= 4 is 28.4 Å². The zero-order chi connectivity index (χ0) is 15.6. The molecule has 1 unspecified atom stereocenters. The predicted molar refractivity (Wildman–Crippen MR) is 82.9 cm³/mol. The van der Waals surface area contributed by atoms with E-state index < -0.39 is 23.3 Å². The van der Waals surface area contributed by atoms with Gasteiger partial charge in [0.15, 0.2) is 5.78 Å². The minimum Gasteiger partial charge on any atom is -0.292 e. The van der Waals surface area contributed by atoms with Crippen molar-refractivity contribution in [1.29, 1.82) is 5.26 Å². The van der Waals surface area contributed by atoms with Crippen molar-refractivity contribution in [2.24, 2.45) is 0 Å². The molecule has 0 heterocycles. The van der Waals surface area contributed by atoms with Crippen molar-refractivity contribution in [3.63, 3.8) is 0 Å². The number of benzene rings is 2. The number of Topliss-reactive ketones (excluding diaryl/α,β-unsaturated/α-hetero) is 1. The molecule has 1 atom stereocenters. The Kier molecular flexibility index (Phi) is 4.68. The molecule has 2 aromatic carbocycles. The maximum Gasteiger partial charge on any atom is 0.185 e. The smallest absolute Gasteiger partial charge is 0.185 e. The highest BCUT2D eigenvalue weighted by Crippen LogP contribution is 2.26. The summed E-state index contributed by atoms with van der Waals surface area (Å²) in [6, 6.07) is 9.73. The molecule has 2 nitrogen and oxygen atoms in total. The number of aryl methyl sites for hydroxylation is 1. The van der Waals surface area contributed by atoms with Gasteiger partial charge in [-0.1, -0.05) is 18.2 Å². The summed E-state index contributed by atoms with van der Waals surface area (Å²) in [6.07, 6.45) is 0. The van der Waals surface area contributed by atoms with Gasteiger partial charge < -0.3 is 0 Å². The summed E-state index contributed by atoms with van der Waals surface area (Å²) in [4.78, 5) is 12.5. The monoisotopic (exact) mass is 397 g/mol. The van der Waals surface area contributed by atoms with Crippen molar-refractivity contribution in [3.8, 4) is 6.07 Å². The van der Waals surface area contributed by atoms with Crippen LogP contribution < -0.4 is 0 Å². The lowest BCUT2D eigenvalue weighted by Gasteiger charge is -2.11. The first kappa shape index (κ1) is 15.6. The van der Waals surface area contributed by atoms with Gasteiger partial charge in [-0.3, -0.25) is 4.79 Å². The third-order valence-corrected chi connectivity index (χ3v) is 4.50. The summed E-state index contributed by atoms with van der Waals surface area (Å²) >= 11 is 2.02. The number of hydrogen-bond acceptors (Lipinski definition) is 2. The van der Waals surface area contributed by atoms with E-state index in [0.29, 0.717) is 11.6 Å². The topological polar surface area (TPSA) is 40.9 Å². The maximum absolute atomic E-state index is 13.3. The zero-order valence-corrected chi connectivity index (χ0v) is 13.2. The highest BCUT2D eigenvalue weighted by atomic mass is 127. The second-order valence-electron chi connectivity index (χ2n) is 4.57. The normalized spacial score (nSPS) is 11.8.